The van der Waals surface area contributed by atoms with E-state index in [1.165, 1.54) is 37.3 Å². The van der Waals surface area contributed by atoms with E-state index in [-0.39, 0.29) is 5.97 Å². The quantitative estimate of drug-likeness (QED) is 0.750. The van der Waals surface area contributed by atoms with Crippen LogP contribution in [0.1, 0.15) is 47.8 Å². The van der Waals surface area contributed by atoms with E-state index < -0.39 is 0 Å². The summed E-state index contributed by atoms with van der Waals surface area (Å²) in [5, 5.41) is 4.60. The average Bonchev–Trinajstić information content (AvgIpc) is 3.07. The average molecular weight is 418 g/mol. The molecule has 2 fully saturated rings. The van der Waals surface area contributed by atoms with Crippen molar-refractivity contribution in [3.63, 3.8) is 0 Å². The van der Waals surface area contributed by atoms with Crippen molar-refractivity contribution < 1.29 is 9.53 Å². The van der Waals surface area contributed by atoms with Crippen LogP contribution in [0.4, 0.5) is 5.82 Å². The predicted molar refractivity (Wildman–Crippen MR) is 117 cm³/mol. The first-order valence-corrected chi connectivity index (χ1v) is 11.5. The van der Waals surface area contributed by atoms with E-state index in [0.29, 0.717) is 17.5 Å². The van der Waals surface area contributed by atoms with Crippen LogP contribution in [0.25, 0.3) is 10.2 Å². The number of esters is 1. The summed E-state index contributed by atoms with van der Waals surface area (Å²) in [6.07, 6.45) is 6.39. The standard InChI is InChI=1S/C21H31N5O2S/c1-4-28-21(27)18-14(2)17-19(22-13-23-20(17)29-18)24-15-5-11-26(12-6-15)16-7-9-25(3)10-8-16/h13,15-16H,4-12H2,1-3H3,(H,22,23,24). The zero-order valence-electron chi connectivity index (χ0n) is 17.6. The number of piperidine rings is 2. The van der Waals surface area contributed by atoms with Gasteiger partial charge >= 0.3 is 5.97 Å². The monoisotopic (exact) mass is 417 g/mol. The Bertz CT molecular complexity index is 854. The molecule has 0 radical (unpaired) electrons. The van der Waals surface area contributed by atoms with Crippen LogP contribution in [0, 0.1) is 6.92 Å². The Labute approximate surface area is 176 Å². The van der Waals surface area contributed by atoms with Crippen molar-refractivity contribution in [2.24, 2.45) is 0 Å². The van der Waals surface area contributed by atoms with Crippen molar-refractivity contribution in [2.75, 3.05) is 45.2 Å². The molecule has 2 aromatic heterocycles. The second-order valence-corrected chi connectivity index (χ2v) is 9.17. The minimum atomic E-state index is -0.273. The molecule has 0 saturated carbocycles. The zero-order valence-corrected chi connectivity index (χ0v) is 18.4. The Morgan fingerprint density at radius 1 is 1.21 bits per heavy atom. The molecule has 0 unspecified atom stereocenters. The van der Waals surface area contributed by atoms with Gasteiger partial charge in [0.2, 0.25) is 0 Å². The number of ether oxygens (including phenoxy) is 1. The lowest BCUT2D eigenvalue weighted by atomic mass is 9.98. The van der Waals surface area contributed by atoms with E-state index in [1.807, 2.05) is 13.8 Å². The Kier molecular flexibility index (Phi) is 6.32. The number of carbonyl (C=O) groups is 1. The molecule has 158 valence electrons. The molecule has 8 heteroatoms. The highest BCUT2D eigenvalue weighted by atomic mass is 32.1. The van der Waals surface area contributed by atoms with Crippen LogP contribution in [0.15, 0.2) is 6.33 Å². The number of rotatable bonds is 5. The van der Waals surface area contributed by atoms with Gasteiger partial charge in [0.1, 0.15) is 21.9 Å². The SMILES string of the molecule is CCOC(=O)c1sc2ncnc(NC3CCN(C4CCN(C)CC4)CC3)c2c1C. The molecule has 7 nitrogen and oxygen atoms in total. The minimum absolute atomic E-state index is 0.273. The lowest BCUT2D eigenvalue weighted by Crippen LogP contribution is -2.48. The number of nitrogens with one attached hydrogen (secondary N) is 1. The van der Waals surface area contributed by atoms with Crippen molar-refractivity contribution in [1.82, 2.24) is 19.8 Å². The molecule has 1 N–H and O–H groups in total. The second kappa shape index (κ2) is 8.93. The summed E-state index contributed by atoms with van der Waals surface area (Å²) in [5.74, 6) is 0.572. The van der Waals surface area contributed by atoms with Gasteiger partial charge in [-0.3, -0.25) is 0 Å². The summed E-state index contributed by atoms with van der Waals surface area (Å²) >= 11 is 1.39. The Morgan fingerprint density at radius 2 is 1.93 bits per heavy atom. The highest BCUT2D eigenvalue weighted by Gasteiger charge is 2.28. The third kappa shape index (κ3) is 4.39. The predicted octanol–water partition coefficient (Wildman–Crippen LogP) is 3.15. The number of hydrogen-bond acceptors (Lipinski definition) is 8. The summed E-state index contributed by atoms with van der Waals surface area (Å²) in [4.78, 5) is 27.7. The van der Waals surface area contributed by atoms with Gasteiger partial charge in [-0.25, -0.2) is 14.8 Å². The van der Waals surface area contributed by atoms with Crippen LogP contribution in [0.5, 0.6) is 0 Å². The number of carbonyl (C=O) groups excluding carboxylic acids is 1. The lowest BCUT2D eigenvalue weighted by molar-refractivity contribution is 0.0531. The molecule has 29 heavy (non-hydrogen) atoms. The molecule has 2 aromatic rings. The van der Waals surface area contributed by atoms with Crippen LogP contribution in [0.2, 0.25) is 0 Å². The number of fused-ring (bicyclic) bond motifs is 1. The van der Waals surface area contributed by atoms with Gasteiger partial charge in [-0.1, -0.05) is 0 Å². The third-order valence-electron chi connectivity index (χ3n) is 6.26. The molecule has 0 bridgehead atoms. The van der Waals surface area contributed by atoms with Crippen molar-refractivity contribution >= 4 is 33.3 Å². The Hall–Kier alpha value is -1.77. The Balaban J connectivity index is 1.43. The third-order valence-corrected chi connectivity index (χ3v) is 7.44. The fourth-order valence-corrected chi connectivity index (χ4v) is 5.58. The smallest absolute Gasteiger partial charge is 0.348 e. The van der Waals surface area contributed by atoms with E-state index in [4.69, 9.17) is 4.74 Å². The van der Waals surface area contributed by atoms with Crippen LogP contribution in [-0.2, 0) is 4.74 Å². The first-order chi connectivity index (χ1) is 14.1. The summed E-state index contributed by atoms with van der Waals surface area (Å²) in [6.45, 7) is 8.85. The highest BCUT2D eigenvalue weighted by Crippen LogP contribution is 2.34. The molecule has 0 aliphatic carbocycles. The number of aryl methyl sites for hydroxylation is 1. The van der Waals surface area contributed by atoms with Gasteiger partial charge in [-0.05, 0) is 65.2 Å². The Morgan fingerprint density at radius 3 is 2.62 bits per heavy atom. The van der Waals surface area contributed by atoms with Gasteiger partial charge in [0.05, 0.1) is 12.0 Å². The zero-order chi connectivity index (χ0) is 20.4. The molecule has 0 amide bonds. The fourth-order valence-electron chi connectivity index (χ4n) is 4.53. The molecule has 0 aromatic carbocycles. The topological polar surface area (TPSA) is 70.6 Å². The van der Waals surface area contributed by atoms with Crippen LogP contribution < -0.4 is 5.32 Å². The normalized spacial score (nSPS) is 20.2. The molecule has 4 heterocycles. The lowest BCUT2D eigenvalue weighted by Gasteiger charge is -2.41. The van der Waals surface area contributed by atoms with Crippen molar-refractivity contribution in [1.29, 1.82) is 0 Å². The van der Waals surface area contributed by atoms with Gasteiger partial charge < -0.3 is 19.9 Å². The maximum atomic E-state index is 12.3. The summed E-state index contributed by atoms with van der Waals surface area (Å²) < 4.78 is 5.20. The number of aromatic nitrogens is 2. The summed E-state index contributed by atoms with van der Waals surface area (Å²) in [7, 11) is 2.22. The molecule has 0 spiro atoms. The minimum Gasteiger partial charge on any atom is -0.462 e. The number of anilines is 1. The largest absolute Gasteiger partial charge is 0.462 e. The van der Waals surface area contributed by atoms with E-state index in [0.717, 1.165) is 53.6 Å². The van der Waals surface area contributed by atoms with E-state index in [1.54, 1.807) is 6.33 Å². The first-order valence-electron chi connectivity index (χ1n) is 10.7. The van der Waals surface area contributed by atoms with Crippen molar-refractivity contribution in [3.8, 4) is 0 Å². The van der Waals surface area contributed by atoms with Gasteiger partial charge in [-0.2, -0.15) is 0 Å². The number of likely N-dealkylation sites (tertiary alicyclic amines) is 2. The molecule has 2 aliphatic heterocycles. The summed E-state index contributed by atoms with van der Waals surface area (Å²) in [5.41, 5.74) is 0.912. The van der Waals surface area contributed by atoms with E-state index in [2.05, 4.69) is 32.1 Å². The molecular weight excluding hydrogens is 386 g/mol. The molecule has 4 rings (SSSR count). The second-order valence-electron chi connectivity index (χ2n) is 8.17. The van der Waals surface area contributed by atoms with Crippen LogP contribution in [0.3, 0.4) is 0 Å². The van der Waals surface area contributed by atoms with Crippen LogP contribution in [-0.4, -0.2) is 77.7 Å². The van der Waals surface area contributed by atoms with Gasteiger partial charge in [-0.15, -0.1) is 11.3 Å². The van der Waals surface area contributed by atoms with Gasteiger partial charge in [0, 0.05) is 25.2 Å². The van der Waals surface area contributed by atoms with Gasteiger partial charge in [0.25, 0.3) is 0 Å². The molecule has 2 aliphatic rings. The van der Waals surface area contributed by atoms with E-state index in [9.17, 15) is 4.79 Å². The molecule has 0 atom stereocenters. The van der Waals surface area contributed by atoms with Crippen molar-refractivity contribution in [2.45, 2.75) is 51.6 Å². The van der Waals surface area contributed by atoms with Gasteiger partial charge in [0.15, 0.2) is 0 Å². The highest BCUT2D eigenvalue weighted by molar-refractivity contribution is 7.20. The maximum absolute atomic E-state index is 12.3. The number of nitrogens with zero attached hydrogens (tertiary/aromatic N) is 4. The maximum Gasteiger partial charge on any atom is 0.348 e. The van der Waals surface area contributed by atoms with E-state index >= 15 is 0 Å². The first kappa shape index (κ1) is 20.5. The summed E-state index contributed by atoms with van der Waals surface area (Å²) in [6, 6.07) is 1.14. The van der Waals surface area contributed by atoms with Crippen molar-refractivity contribution in [3.05, 3.63) is 16.8 Å². The van der Waals surface area contributed by atoms with Crippen LogP contribution >= 0.6 is 11.3 Å². The number of hydrogen-bond donors (Lipinski definition) is 1. The molecular formula is C21H31N5O2S. The number of thiophene rings is 1. The molecule has 2 saturated heterocycles. The fraction of sp³-hybridized carbons (Fsp3) is 0.667.